The number of nitrogens with one attached hydrogen (secondary N) is 2. The molecule has 2 fully saturated rings. The first-order valence-electron chi connectivity index (χ1n) is 19.6. The second-order valence-corrected chi connectivity index (χ2v) is 16.2. The van der Waals surface area contributed by atoms with Crippen LogP contribution in [-0.2, 0) is 0 Å². The largest absolute Gasteiger partial charge is 0.412 e. The zero-order valence-corrected chi connectivity index (χ0v) is 36.5. The van der Waals surface area contributed by atoms with Crippen LogP contribution in [0, 0.1) is 23.5 Å². The third kappa shape index (κ3) is 12.5. The van der Waals surface area contributed by atoms with Crippen molar-refractivity contribution >= 4 is 91.7 Å². The maximum atomic E-state index is 13.0. The van der Waals surface area contributed by atoms with E-state index in [1.807, 2.05) is 58.3 Å². The SMILES string of the molecule is Cl.Cl.O.O=C(NCCC1CCN(C(=O)c2ccc(F)cc2)CC1)c1nsc2ccccc12.O=C(NCCC1CCN(C(=O)c2ccc(F)cc2)CC1)c1nsc2ccccc12. The molecule has 0 unspecified atom stereocenters. The van der Waals surface area contributed by atoms with Gasteiger partial charge < -0.3 is 25.9 Å². The Morgan fingerprint density at radius 3 is 1.26 bits per heavy atom. The van der Waals surface area contributed by atoms with Gasteiger partial charge in [-0.3, -0.25) is 19.2 Å². The number of likely N-dealkylation sites (tertiary alicyclic amines) is 2. The van der Waals surface area contributed by atoms with E-state index in [9.17, 15) is 28.0 Å². The third-order valence-electron chi connectivity index (χ3n) is 10.8. The van der Waals surface area contributed by atoms with Crippen molar-refractivity contribution in [3.8, 4) is 0 Å². The number of carbonyl (C=O) groups is 4. The molecule has 0 saturated carbocycles. The zero-order valence-electron chi connectivity index (χ0n) is 33.2. The lowest BCUT2D eigenvalue weighted by molar-refractivity contribution is 0.0678. The molecule has 17 heteroatoms. The molecular formula is C44H48Cl2F2N6O5S2. The van der Waals surface area contributed by atoms with Crippen molar-refractivity contribution in [1.82, 2.24) is 29.2 Å². The molecule has 324 valence electrons. The molecule has 8 rings (SSSR count). The van der Waals surface area contributed by atoms with Gasteiger partial charge in [0.2, 0.25) is 0 Å². The molecule has 0 aliphatic carbocycles. The maximum Gasteiger partial charge on any atom is 0.271 e. The highest BCUT2D eigenvalue weighted by Crippen LogP contribution is 2.26. The van der Waals surface area contributed by atoms with Gasteiger partial charge >= 0.3 is 0 Å². The van der Waals surface area contributed by atoms with Gasteiger partial charge in [-0.15, -0.1) is 24.8 Å². The fourth-order valence-corrected chi connectivity index (χ4v) is 8.99. The summed E-state index contributed by atoms with van der Waals surface area (Å²) < 4.78 is 36.6. The molecule has 4 aromatic carbocycles. The molecule has 4 heterocycles. The molecule has 11 nitrogen and oxygen atoms in total. The van der Waals surface area contributed by atoms with Crippen molar-refractivity contribution in [1.29, 1.82) is 0 Å². The second-order valence-electron chi connectivity index (χ2n) is 14.6. The Labute approximate surface area is 373 Å². The van der Waals surface area contributed by atoms with Crippen molar-refractivity contribution in [3.63, 3.8) is 0 Å². The average molecular weight is 914 g/mol. The van der Waals surface area contributed by atoms with Crippen LogP contribution >= 0.6 is 47.9 Å². The lowest BCUT2D eigenvalue weighted by atomic mass is 9.93. The summed E-state index contributed by atoms with van der Waals surface area (Å²) in [6.45, 7) is 3.94. The minimum absolute atomic E-state index is 0. The van der Waals surface area contributed by atoms with Crippen molar-refractivity contribution < 1.29 is 33.4 Å². The van der Waals surface area contributed by atoms with E-state index in [4.69, 9.17) is 0 Å². The fourth-order valence-electron chi connectivity index (χ4n) is 7.45. The highest BCUT2D eigenvalue weighted by molar-refractivity contribution is 7.13. The number of carbonyl (C=O) groups excluding carboxylic acids is 4. The molecule has 0 spiro atoms. The molecule has 0 bridgehead atoms. The van der Waals surface area contributed by atoms with Gasteiger partial charge in [-0.25, -0.2) is 8.78 Å². The van der Waals surface area contributed by atoms with Crippen molar-refractivity contribution in [2.24, 2.45) is 11.8 Å². The van der Waals surface area contributed by atoms with E-state index in [2.05, 4.69) is 19.4 Å². The van der Waals surface area contributed by atoms with Gasteiger partial charge in [0.1, 0.15) is 23.0 Å². The van der Waals surface area contributed by atoms with E-state index in [0.717, 1.165) is 58.7 Å². The van der Waals surface area contributed by atoms with Gasteiger partial charge in [-0.2, -0.15) is 8.75 Å². The first-order valence-corrected chi connectivity index (χ1v) is 21.1. The van der Waals surface area contributed by atoms with Crippen LogP contribution in [0.15, 0.2) is 97.1 Å². The number of amides is 4. The van der Waals surface area contributed by atoms with Gasteiger partial charge in [-0.1, -0.05) is 36.4 Å². The Morgan fingerprint density at radius 1 is 0.557 bits per heavy atom. The Bertz CT molecular complexity index is 2200. The van der Waals surface area contributed by atoms with Crippen LogP contribution in [0.2, 0.25) is 0 Å². The molecule has 2 aliphatic rings. The van der Waals surface area contributed by atoms with Crippen LogP contribution in [0.4, 0.5) is 8.78 Å². The van der Waals surface area contributed by atoms with Gasteiger partial charge in [0.15, 0.2) is 0 Å². The van der Waals surface area contributed by atoms with Crippen LogP contribution in [0.3, 0.4) is 0 Å². The zero-order chi connectivity index (χ0) is 40.4. The Morgan fingerprint density at radius 2 is 0.902 bits per heavy atom. The molecule has 2 aliphatic heterocycles. The predicted octanol–water partition coefficient (Wildman–Crippen LogP) is 8.23. The van der Waals surface area contributed by atoms with E-state index in [0.29, 0.717) is 73.6 Å². The number of piperidine rings is 2. The van der Waals surface area contributed by atoms with E-state index >= 15 is 0 Å². The van der Waals surface area contributed by atoms with Crippen molar-refractivity contribution in [2.75, 3.05) is 39.3 Å². The first kappa shape index (κ1) is 48.6. The molecular weight excluding hydrogens is 866 g/mol. The Kier molecular flexibility index (Phi) is 18.5. The van der Waals surface area contributed by atoms with E-state index < -0.39 is 0 Å². The number of hydrogen-bond donors (Lipinski definition) is 2. The number of fused-ring (bicyclic) bond motifs is 2. The molecule has 2 aromatic heterocycles. The average Bonchev–Trinajstić information content (AvgIpc) is 3.90. The summed E-state index contributed by atoms with van der Waals surface area (Å²) in [5.41, 5.74) is 2.02. The van der Waals surface area contributed by atoms with Crippen LogP contribution in [-0.4, -0.2) is 86.9 Å². The first-order chi connectivity index (χ1) is 28.2. The number of hydrogen-bond acceptors (Lipinski definition) is 8. The molecule has 0 radical (unpaired) electrons. The normalized spacial score (nSPS) is 14.1. The number of nitrogens with zero attached hydrogens (tertiary/aromatic N) is 4. The topological polar surface area (TPSA) is 156 Å². The summed E-state index contributed by atoms with van der Waals surface area (Å²) in [4.78, 5) is 53.5. The molecule has 0 atom stereocenters. The molecule has 4 amide bonds. The standard InChI is InChI=1S/2C22H22FN3O2S.2ClH.H2O/c2*23-17-7-5-16(6-8-17)22(28)26-13-10-15(11-14-26)9-12-24-21(27)20-18-3-1-2-4-19(18)29-25-20;;;/h2*1-8,15H,9-14H2,(H,24,27);2*1H;1H2. The Hall–Kier alpha value is -5.06. The summed E-state index contributed by atoms with van der Waals surface area (Å²) in [5, 5.41) is 7.74. The van der Waals surface area contributed by atoms with Gasteiger partial charge in [-0.05, 0) is 134 Å². The van der Waals surface area contributed by atoms with Crippen LogP contribution in [0.5, 0.6) is 0 Å². The smallest absolute Gasteiger partial charge is 0.271 e. The highest BCUT2D eigenvalue weighted by atomic mass is 35.5. The number of benzene rings is 4. The predicted molar refractivity (Wildman–Crippen MR) is 241 cm³/mol. The summed E-state index contributed by atoms with van der Waals surface area (Å²) in [7, 11) is 0. The molecule has 61 heavy (non-hydrogen) atoms. The van der Waals surface area contributed by atoms with Gasteiger partial charge in [0, 0.05) is 61.2 Å². The number of halogens is 4. The van der Waals surface area contributed by atoms with Crippen molar-refractivity contribution in [3.05, 3.63) is 131 Å². The highest BCUT2D eigenvalue weighted by Gasteiger charge is 2.25. The molecule has 4 N–H and O–H groups in total. The van der Waals surface area contributed by atoms with E-state index in [-0.39, 0.29) is 65.6 Å². The molecule has 6 aromatic rings. The maximum absolute atomic E-state index is 13.0. The number of aromatic nitrogens is 2. The summed E-state index contributed by atoms with van der Waals surface area (Å²) in [6, 6.07) is 26.8. The third-order valence-corrected chi connectivity index (χ3v) is 12.5. The second kappa shape index (κ2) is 23.2. The minimum atomic E-state index is -0.340. The number of rotatable bonds is 10. The Balaban J connectivity index is 0.000000256. The lowest BCUT2D eigenvalue weighted by Crippen LogP contribution is -2.39. The molecule has 2 saturated heterocycles. The fraction of sp³-hybridized carbons (Fsp3) is 0.318. The van der Waals surface area contributed by atoms with Crippen LogP contribution < -0.4 is 10.6 Å². The quantitative estimate of drug-likeness (QED) is 0.141. The van der Waals surface area contributed by atoms with Gasteiger partial charge in [0.05, 0.1) is 9.40 Å². The van der Waals surface area contributed by atoms with Crippen LogP contribution in [0.1, 0.15) is 80.2 Å². The van der Waals surface area contributed by atoms with E-state index in [1.54, 1.807) is 0 Å². The minimum Gasteiger partial charge on any atom is -0.412 e. The lowest BCUT2D eigenvalue weighted by Gasteiger charge is -2.32. The summed E-state index contributed by atoms with van der Waals surface area (Å²) in [6.07, 6.45) is 5.38. The van der Waals surface area contributed by atoms with E-state index in [1.165, 1.54) is 71.6 Å². The summed E-state index contributed by atoms with van der Waals surface area (Å²) in [5.74, 6) is -0.0996. The van der Waals surface area contributed by atoms with Crippen LogP contribution in [0.25, 0.3) is 20.2 Å². The van der Waals surface area contributed by atoms with Crippen molar-refractivity contribution in [2.45, 2.75) is 38.5 Å². The van der Waals surface area contributed by atoms with Gasteiger partial charge in [0.25, 0.3) is 23.6 Å². The monoisotopic (exact) mass is 912 g/mol. The summed E-state index contributed by atoms with van der Waals surface area (Å²) >= 11 is 2.67.